The van der Waals surface area contributed by atoms with Crippen molar-refractivity contribution in [2.75, 3.05) is 12.4 Å². The van der Waals surface area contributed by atoms with Crippen LogP contribution in [0.2, 0.25) is 0 Å². The lowest BCUT2D eigenvalue weighted by atomic mass is 9.97. The van der Waals surface area contributed by atoms with Crippen LogP contribution in [0.15, 0.2) is 41.8 Å². The van der Waals surface area contributed by atoms with Crippen molar-refractivity contribution in [2.24, 2.45) is 5.92 Å². The molecule has 1 aliphatic rings. The Morgan fingerprint density at radius 3 is 2.75 bits per heavy atom. The Hall–Kier alpha value is -1.85. The normalized spacial score (nSPS) is 16.0. The van der Waals surface area contributed by atoms with E-state index in [1.54, 1.807) is 18.4 Å². The zero-order valence-electron chi connectivity index (χ0n) is 14.0. The molecule has 3 rings (SSSR count). The highest BCUT2D eigenvalue weighted by atomic mass is 32.1. The molecule has 24 heavy (non-hydrogen) atoms. The number of thiophene rings is 1. The molecule has 1 aromatic carbocycles. The van der Waals surface area contributed by atoms with Gasteiger partial charge in [-0.3, -0.25) is 0 Å². The number of carbonyl (C=O) groups is 1. The van der Waals surface area contributed by atoms with Gasteiger partial charge in [0.15, 0.2) is 0 Å². The van der Waals surface area contributed by atoms with Gasteiger partial charge in [-0.05, 0) is 36.3 Å². The number of nitrogens with one attached hydrogen (secondary N) is 2. The lowest BCUT2D eigenvalue weighted by Gasteiger charge is -2.24. The molecule has 1 fully saturated rings. The molecule has 0 saturated heterocycles. The first-order valence-electron chi connectivity index (χ1n) is 8.45. The zero-order valence-corrected chi connectivity index (χ0v) is 14.8. The van der Waals surface area contributed by atoms with Gasteiger partial charge in [0.2, 0.25) is 0 Å². The second-order valence-electron chi connectivity index (χ2n) is 6.23. The summed E-state index contributed by atoms with van der Waals surface area (Å²) in [5.41, 5.74) is 1.77. The van der Waals surface area contributed by atoms with Gasteiger partial charge < -0.3 is 15.4 Å². The maximum atomic E-state index is 12.6. The van der Waals surface area contributed by atoms with Crippen molar-refractivity contribution in [1.29, 1.82) is 0 Å². The van der Waals surface area contributed by atoms with Crippen molar-refractivity contribution in [2.45, 2.75) is 38.3 Å². The van der Waals surface area contributed by atoms with Crippen molar-refractivity contribution in [3.63, 3.8) is 0 Å². The van der Waals surface area contributed by atoms with Crippen LogP contribution < -0.4 is 10.6 Å². The van der Waals surface area contributed by atoms with Crippen LogP contribution in [0, 0.1) is 5.92 Å². The van der Waals surface area contributed by atoms with Crippen molar-refractivity contribution in [1.82, 2.24) is 5.32 Å². The number of hydrogen-bond acceptors (Lipinski definition) is 3. The third-order valence-corrected chi connectivity index (χ3v) is 5.53. The van der Waals surface area contributed by atoms with Crippen LogP contribution in [-0.2, 0) is 11.3 Å². The number of ether oxygens (including phenoxy) is 1. The number of anilines is 1. The molecular formula is C19H24N2O2S. The molecule has 2 amide bonds. The highest BCUT2D eigenvalue weighted by molar-refractivity contribution is 7.10. The van der Waals surface area contributed by atoms with Crippen LogP contribution in [0.25, 0.3) is 0 Å². The van der Waals surface area contributed by atoms with Crippen LogP contribution in [0.4, 0.5) is 10.5 Å². The third-order valence-electron chi connectivity index (χ3n) is 4.57. The molecule has 0 spiro atoms. The third kappa shape index (κ3) is 4.16. The Bertz CT molecular complexity index is 651. The largest absolute Gasteiger partial charge is 0.380 e. The lowest BCUT2D eigenvalue weighted by Crippen LogP contribution is -2.35. The van der Waals surface area contributed by atoms with Gasteiger partial charge >= 0.3 is 6.03 Å². The minimum Gasteiger partial charge on any atom is -0.380 e. The Balaban J connectivity index is 1.70. The summed E-state index contributed by atoms with van der Waals surface area (Å²) in [5, 5.41) is 8.26. The van der Waals surface area contributed by atoms with Crippen LogP contribution in [0.3, 0.4) is 0 Å². The van der Waals surface area contributed by atoms with E-state index in [2.05, 4.69) is 28.1 Å². The molecule has 2 aromatic rings. The number of urea groups is 1. The first kappa shape index (κ1) is 17.0. The molecule has 2 N–H and O–H groups in total. The number of hydrogen-bond donors (Lipinski definition) is 2. The molecule has 1 aromatic heterocycles. The number of amides is 2. The summed E-state index contributed by atoms with van der Waals surface area (Å²) in [6.07, 6.45) is 4.88. The molecule has 0 aliphatic heterocycles. The van der Waals surface area contributed by atoms with E-state index in [4.69, 9.17) is 4.74 Å². The Labute approximate surface area is 147 Å². The quantitative estimate of drug-likeness (QED) is 0.779. The van der Waals surface area contributed by atoms with Crippen molar-refractivity contribution >= 4 is 23.1 Å². The van der Waals surface area contributed by atoms with Gasteiger partial charge in [0.05, 0.1) is 12.6 Å². The molecule has 0 radical (unpaired) electrons. The minimum absolute atomic E-state index is 0.0992. The second kappa shape index (κ2) is 8.31. The summed E-state index contributed by atoms with van der Waals surface area (Å²) in [5.74, 6) is 0.531. The van der Waals surface area contributed by atoms with Gasteiger partial charge in [-0.25, -0.2) is 4.79 Å². The van der Waals surface area contributed by atoms with Gasteiger partial charge in [0.1, 0.15) is 0 Å². The number of para-hydroxylation sites is 1. The minimum atomic E-state index is -0.149. The smallest absolute Gasteiger partial charge is 0.319 e. The van der Waals surface area contributed by atoms with Crippen LogP contribution >= 0.6 is 11.3 Å². The number of carbonyl (C=O) groups excluding carboxylic acids is 1. The maximum Gasteiger partial charge on any atom is 0.319 e. The van der Waals surface area contributed by atoms with E-state index in [9.17, 15) is 4.79 Å². The monoisotopic (exact) mass is 344 g/mol. The molecule has 128 valence electrons. The molecule has 1 aliphatic carbocycles. The topological polar surface area (TPSA) is 50.4 Å². The molecule has 1 saturated carbocycles. The van der Waals surface area contributed by atoms with E-state index in [-0.39, 0.29) is 12.1 Å². The highest BCUT2D eigenvalue weighted by Gasteiger charge is 2.28. The van der Waals surface area contributed by atoms with Gasteiger partial charge in [0.25, 0.3) is 0 Å². The Kier molecular flexibility index (Phi) is 5.88. The van der Waals surface area contributed by atoms with Crippen LogP contribution in [0.5, 0.6) is 0 Å². The van der Waals surface area contributed by atoms with Crippen molar-refractivity contribution in [3.8, 4) is 0 Å². The Morgan fingerprint density at radius 1 is 1.25 bits per heavy atom. The van der Waals surface area contributed by atoms with Gasteiger partial charge in [-0.1, -0.05) is 37.1 Å². The number of rotatable bonds is 6. The van der Waals surface area contributed by atoms with Gasteiger partial charge in [-0.2, -0.15) is 0 Å². The summed E-state index contributed by atoms with van der Waals surface area (Å²) in [6.45, 7) is 0.480. The van der Waals surface area contributed by atoms with Gasteiger partial charge in [0, 0.05) is 23.2 Å². The first-order valence-corrected chi connectivity index (χ1v) is 9.33. The van der Waals surface area contributed by atoms with Crippen LogP contribution in [-0.4, -0.2) is 13.1 Å². The number of methoxy groups -OCH3 is 1. The Morgan fingerprint density at radius 2 is 2.04 bits per heavy atom. The van der Waals surface area contributed by atoms with E-state index in [0.717, 1.165) is 11.3 Å². The average molecular weight is 344 g/mol. The molecule has 0 unspecified atom stereocenters. The zero-order chi connectivity index (χ0) is 16.8. The SMILES string of the molecule is COCc1ccccc1NC(=O)N[C@H](c1cccs1)C1CCCC1. The summed E-state index contributed by atoms with van der Waals surface area (Å²) < 4.78 is 5.20. The second-order valence-corrected chi connectivity index (χ2v) is 7.21. The molecule has 4 nitrogen and oxygen atoms in total. The fourth-order valence-electron chi connectivity index (χ4n) is 3.40. The highest BCUT2D eigenvalue weighted by Crippen LogP contribution is 2.37. The standard InChI is InChI=1S/C19H24N2O2S/c1-23-13-15-9-4-5-10-16(15)20-19(22)21-18(14-7-2-3-8-14)17-11-6-12-24-17/h4-6,9-12,14,18H,2-3,7-8,13H2,1H3,(H2,20,21,22)/t18-/m0/s1. The summed E-state index contributed by atoms with van der Waals surface area (Å²) in [4.78, 5) is 13.8. The molecule has 0 bridgehead atoms. The molecule has 1 heterocycles. The molecular weight excluding hydrogens is 320 g/mol. The molecule has 5 heteroatoms. The predicted molar refractivity (Wildman–Crippen MR) is 98.3 cm³/mol. The summed E-state index contributed by atoms with van der Waals surface area (Å²) >= 11 is 1.71. The lowest BCUT2D eigenvalue weighted by molar-refractivity contribution is 0.185. The number of benzene rings is 1. The summed E-state index contributed by atoms with van der Waals surface area (Å²) in [7, 11) is 1.66. The summed E-state index contributed by atoms with van der Waals surface area (Å²) in [6, 6.07) is 11.9. The van der Waals surface area contributed by atoms with E-state index in [0.29, 0.717) is 12.5 Å². The van der Waals surface area contributed by atoms with Gasteiger partial charge in [-0.15, -0.1) is 11.3 Å². The molecule has 1 atom stereocenters. The predicted octanol–water partition coefficient (Wildman–Crippen LogP) is 4.95. The van der Waals surface area contributed by atoms with E-state index < -0.39 is 0 Å². The van der Waals surface area contributed by atoms with E-state index in [1.807, 2.05) is 24.3 Å². The van der Waals surface area contributed by atoms with Crippen LogP contribution in [0.1, 0.15) is 42.2 Å². The first-order chi connectivity index (χ1) is 11.8. The van der Waals surface area contributed by atoms with Crippen molar-refractivity contribution in [3.05, 3.63) is 52.2 Å². The average Bonchev–Trinajstić information content (AvgIpc) is 3.29. The van der Waals surface area contributed by atoms with E-state index >= 15 is 0 Å². The fourth-order valence-corrected chi connectivity index (χ4v) is 4.27. The maximum absolute atomic E-state index is 12.6. The van der Waals surface area contributed by atoms with E-state index in [1.165, 1.54) is 30.6 Å². The fraction of sp³-hybridized carbons (Fsp3) is 0.421. The van der Waals surface area contributed by atoms with Crippen molar-refractivity contribution < 1.29 is 9.53 Å².